The zero-order chi connectivity index (χ0) is 10.8. The number of benzene rings is 1. The highest BCUT2D eigenvalue weighted by molar-refractivity contribution is 8.14. The van der Waals surface area contributed by atoms with E-state index in [1.54, 1.807) is 18.2 Å². The molecule has 0 unspecified atom stereocenters. The van der Waals surface area contributed by atoms with Crippen molar-refractivity contribution in [3.05, 3.63) is 35.4 Å². The minimum Gasteiger partial charge on any atom is -0.293 e. The molecule has 1 rings (SSSR count). The molecule has 3 nitrogen and oxygen atoms in total. The number of ketones is 1. The lowest BCUT2D eigenvalue weighted by Gasteiger charge is -1.99. The molecule has 0 amide bonds. The fourth-order valence-electron chi connectivity index (χ4n) is 1.06. The maximum atomic E-state index is 11.3. The van der Waals surface area contributed by atoms with Crippen LogP contribution in [0.3, 0.4) is 0 Å². The second-order valence-corrected chi connectivity index (χ2v) is 5.75. The molecule has 0 saturated carbocycles. The summed E-state index contributed by atoms with van der Waals surface area (Å²) in [7, 11) is 1.21. The number of halogens is 1. The van der Waals surface area contributed by atoms with Crippen LogP contribution in [-0.4, -0.2) is 20.0 Å². The lowest BCUT2D eigenvalue weighted by Crippen LogP contribution is -2.11. The Morgan fingerprint density at radius 2 is 2.07 bits per heavy atom. The maximum absolute atomic E-state index is 11.3. The van der Waals surface area contributed by atoms with Gasteiger partial charge in [0.25, 0.3) is 0 Å². The highest BCUT2D eigenvalue weighted by atomic mass is 35.7. The van der Waals surface area contributed by atoms with Crippen LogP contribution in [0.25, 0.3) is 0 Å². The summed E-state index contributed by atoms with van der Waals surface area (Å²) >= 11 is 0. The van der Waals surface area contributed by atoms with Gasteiger partial charge in [-0.15, -0.1) is 0 Å². The monoisotopic (exact) mass is 232 g/mol. The van der Waals surface area contributed by atoms with Crippen LogP contribution in [-0.2, 0) is 9.05 Å². The summed E-state index contributed by atoms with van der Waals surface area (Å²) in [5.41, 5.74) is 1.28. The second-order valence-electron chi connectivity index (χ2n) is 2.98. The zero-order valence-corrected chi connectivity index (χ0v) is 9.10. The Kier molecular flexibility index (Phi) is 3.29. The van der Waals surface area contributed by atoms with E-state index in [4.69, 9.17) is 10.7 Å². The van der Waals surface area contributed by atoms with Gasteiger partial charge in [-0.1, -0.05) is 23.8 Å². The molecule has 1 aromatic carbocycles. The van der Waals surface area contributed by atoms with E-state index in [0.717, 1.165) is 5.56 Å². The summed E-state index contributed by atoms with van der Waals surface area (Å²) in [5.74, 6) is -1.14. The van der Waals surface area contributed by atoms with Crippen LogP contribution in [0, 0.1) is 6.92 Å². The normalized spacial score (nSPS) is 11.3. The molecular weight excluding hydrogens is 224 g/mol. The van der Waals surface area contributed by atoms with Crippen LogP contribution < -0.4 is 0 Å². The molecule has 76 valence electrons. The molecule has 0 bridgehead atoms. The van der Waals surface area contributed by atoms with Crippen molar-refractivity contribution >= 4 is 25.5 Å². The standard InChI is InChI=1S/C9H9ClO3S/c1-7-3-2-4-8(5-7)9(11)6-14(10,12)13/h2-5H,6H2,1H3. The quantitative estimate of drug-likeness (QED) is 0.589. The third kappa shape index (κ3) is 3.47. The van der Waals surface area contributed by atoms with E-state index in [1.807, 2.05) is 13.0 Å². The van der Waals surface area contributed by atoms with Crippen molar-refractivity contribution in [1.29, 1.82) is 0 Å². The van der Waals surface area contributed by atoms with Gasteiger partial charge in [0, 0.05) is 16.2 Å². The first-order valence-corrected chi connectivity index (χ1v) is 6.38. The van der Waals surface area contributed by atoms with E-state index in [0.29, 0.717) is 5.56 Å². The van der Waals surface area contributed by atoms with Gasteiger partial charge in [0.1, 0.15) is 5.75 Å². The molecule has 0 spiro atoms. The first-order valence-electron chi connectivity index (χ1n) is 3.91. The summed E-state index contributed by atoms with van der Waals surface area (Å²) in [6.45, 7) is 1.83. The van der Waals surface area contributed by atoms with Crippen molar-refractivity contribution in [2.24, 2.45) is 0 Å². The number of aryl methyl sites for hydroxylation is 1. The van der Waals surface area contributed by atoms with E-state index >= 15 is 0 Å². The van der Waals surface area contributed by atoms with Gasteiger partial charge in [-0.3, -0.25) is 4.79 Å². The Morgan fingerprint density at radius 1 is 1.43 bits per heavy atom. The summed E-state index contributed by atoms with van der Waals surface area (Å²) in [6.07, 6.45) is 0. The molecule has 0 saturated heterocycles. The van der Waals surface area contributed by atoms with Crippen LogP contribution in [0.5, 0.6) is 0 Å². The Morgan fingerprint density at radius 3 is 2.57 bits per heavy atom. The van der Waals surface area contributed by atoms with Crippen molar-refractivity contribution in [2.45, 2.75) is 6.92 Å². The minimum absolute atomic E-state index is 0.370. The molecule has 14 heavy (non-hydrogen) atoms. The predicted octanol–water partition coefficient (Wildman–Crippen LogP) is 1.75. The molecule has 0 aliphatic rings. The number of carbonyl (C=O) groups is 1. The Bertz CT molecular complexity index is 451. The van der Waals surface area contributed by atoms with Crippen molar-refractivity contribution in [3.63, 3.8) is 0 Å². The van der Waals surface area contributed by atoms with Gasteiger partial charge in [0.2, 0.25) is 9.05 Å². The smallest absolute Gasteiger partial charge is 0.240 e. The van der Waals surface area contributed by atoms with Crippen LogP contribution >= 0.6 is 10.7 Å². The summed E-state index contributed by atoms with van der Waals surface area (Å²) < 4.78 is 21.3. The van der Waals surface area contributed by atoms with Gasteiger partial charge >= 0.3 is 0 Å². The summed E-state index contributed by atoms with van der Waals surface area (Å²) in [5, 5.41) is 0. The Balaban J connectivity index is 2.91. The fourth-order valence-corrected chi connectivity index (χ4v) is 1.84. The van der Waals surface area contributed by atoms with Crippen molar-refractivity contribution < 1.29 is 13.2 Å². The van der Waals surface area contributed by atoms with Crippen LogP contribution in [0.4, 0.5) is 0 Å². The maximum Gasteiger partial charge on any atom is 0.240 e. The number of Topliss-reactive ketones (excluding diaryl/α,β-unsaturated/α-hetero) is 1. The third-order valence-electron chi connectivity index (χ3n) is 1.64. The number of hydrogen-bond acceptors (Lipinski definition) is 3. The highest BCUT2D eigenvalue weighted by Gasteiger charge is 2.14. The second kappa shape index (κ2) is 4.11. The lowest BCUT2D eigenvalue weighted by molar-refractivity contribution is 0.102. The topological polar surface area (TPSA) is 51.2 Å². The molecule has 5 heteroatoms. The van der Waals surface area contributed by atoms with Crippen molar-refractivity contribution in [2.75, 3.05) is 5.75 Å². The molecule has 0 N–H and O–H groups in total. The number of carbonyl (C=O) groups excluding carboxylic acids is 1. The summed E-state index contributed by atoms with van der Waals surface area (Å²) in [6, 6.07) is 6.72. The van der Waals surface area contributed by atoms with Gasteiger partial charge in [-0.25, -0.2) is 8.42 Å². The average Bonchev–Trinajstić information content (AvgIpc) is 2.01. The molecule has 0 atom stereocenters. The number of hydrogen-bond donors (Lipinski definition) is 0. The largest absolute Gasteiger partial charge is 0.293 e. The van der Waals surface area contributed by atoms with Gasteiger partial charge in [0.15, 0.2) is 5.78 Å². The summed E-state index contributed by atoms with van der Waals surface area (Å²) in [4.78, 5) is 11.3. The highest BCUT2D eigenvalue weighted by Crippen LogP contribution is 2.07. The van der Waals surface area contributed by atoms with Crippen LogP contribution in [0.15, 0.2) is 24.3 Å². The molecule has 0 heterocycles. The van der Waals surface area contributed by atoms with E-state index in [-0.39, 0.29) is 0 Å². The van der Waals surface area contributed by atoms with Gasteiger partial charge < -0.3 is 0 Å². The first-order chi connectivity index (χ1) is 6.38. The van der Waals surface area contributed by atoms with E-state index in [9.17, 15) is 13.2 Å². The molecule has 0 aromatic heterocycles. The molecule has 0 aliphatic carbocycles. The van der Waals surface area contributed by atoms with E-state index in [1.165, 1.54) is 0 Å². The first kappa shape index (κ1) is 11.2. The molecule has 0 aliphatic heterocycles. The minimum atomic E-state index is -3.76. The Labute approximate surface area is 87.1 Å². The lowest BCUT2D eigenvalue weighted by atomic mass is 10.1. The van der Waals surface area contributed by atoms with Crippen molar-refractivity contribution in [3.8, 4) is 0 Å². The van der Waals surface area contributed by atoms with Crippen LogP contribution in [0.1, 0.15) is 15.9 Å². The molecular formula is C9H9ClO3S. The van der Waals surface area contributed by atoms with E-state index in [2.05, 4.69) is 0 Å². The fraction of sp³-hybridized carbons (Fsp3) is 0.222. The predicted molar refractivity (Wildman–Crippen MR) is 55.1 cm³/mol. The van der Waals surface area contributed by atoms with Crippen LogP contribution in [0.2, 0.25) is 0 Å². The van der Waals surface area contributed by atoms with Gasteiger partial charge in [-0.2, -0.15) is 0 Å². The molecule has 0 fully saturated rings. The zero-order valence-electron chi connectivity index (χ0n) is 7.53. The third-order valence-corrected chi connectivity index (χ3v) is 2.58. The SMILES string of the molecule is Cc1cccc(C(=O)CS(=O)(=O)Cl)c1. The van der Waals surface area contributed by atoms with Gasteiger partial charge in [-0.05, 0) is 13.0 Å². The molecule has 1 aromatic rings. The molecule has 0 radical (unpaired) electrons. The number of rotatable bonds is 3. The van der Waals surface area contributed by atoms with E-state index < -0.39 is 20.6 Å². The average molecular weight is 233 g/mol. The Hall–Kier alpha value is -0.870. The van der Waals surface area contributed by atoms with Gasteiger partial charge in [0.05, 0.1) is 0 Å². The van der Waals surface area contributed by atoms with Crippen molar-refractivity contribution in [1.82, 2.24) is 0 Å².